The Labute approximate surface area is 249 Å². The van der Waals surface area contributed by atoms with E-state index in [2.05, 4.69) is 5.32 Å². The molecule has 1 atom stereocenters. The number of aryl methyl sites for hydroxylation is 1. The summed E-state index contributed by atoms with van der Waals surface area (Å²) in [5.41, 5.74) is 2.96. The summed E-state index contributed by atoms with van der Waals surface area (Å²) in [6.07, 6.45) is 5.92. The third-order valence-electron chi connectivity index (χ3n) is 7.78. The van der Waals surface area contributed by atoms with Crippen LogP contribution in [0.4, 0.5) is 5.69 Å². The van der Waals surface area contributed by atoms with Gasteiger partial charge in [0.05, 0.1) is 19.1 Å². The smallest absolute Gasteiger partial charge is 0.244 e. The van der Waals surface area contributed by atoms with Gasteiger partial charge < -0.3 is 15.0 Å². The molecule has 9 heteroatoms. The lowest BCUT2D eigenvalue weighted by atomic mass is 10.0. The standard InChI is InChI=1S/C33H41N3O5S/c1-4-27-16-8-11-20-30(27)36(42(3,39)40)24-32(37)35(23-26-15-12-19-29(21-26)41-2)31(22-25-13-6-5-7-14-25)33(38)34-28-17-9-10-18-28/h5-8,11-16,19-21,28,31H,4,9-10,17-18,22-24H2,1-3H3,(H,34,38)/t31-/m0/s1. The van der Waals surface area contributed by atoms with Crippen molar-refractivity contribution in [1.82, 2.24) is 10.2 Å². The molecular formula is C33H41N3O5S. The van der Waals surface area contributed by atoms with Gasteiger partial charge in [-0.1, -0.05) is 80.4 Å². The van der Waals surface area contributed by atoms with Gasteiger partial charge in [-0.15, -0.1) is 0 Å². The van der Waals surface area contributed by atoms with Crippen LogP contribution in [0.25, 0.3) is 0 Å². The van der Waals surface area contributed by atoms with E-state index in [0.717, 1.165) is 52.9 Å². The van der Waals surface area contributed by atoms with Gasteiger partial charge in [0.25, 0.3) is 0 Å². The molecule has 0 unspecified atom stereocenters. The van der Waals surface area contributed by atoms with Gasteiger partial charge in [0.1, 0.15) is 18.3 Å². The Morgan fingerprint density at radius 1 is 0.952 bits per heavy atom. The summed E-state index contributed by atoms with van der Waals surface area (Å²) in [5.74, 6) is -0.0666. The van der Waals surface area contributed by atoms with Crippen LogP contribution >= 0.6 is 0 Å². The van der Waals surface area contributed by atoms with Crippen molar-refractivity contribution < 1.29 is 22.7 Å². The fourth-order valence-corrected chi connectivity index (χ4v) is 6.42. The van der Waals surface area contributed by atoms with Crippen LogP contribution in [0.2, 0.25) is 0 Å². The van der Waals surface area contributed by atoms with E-state index >= 15 is 0 Å². The molecule has 1 aliphatic rings. The van der Waals surface area contributed by atoms with Gasteiger partial charge in [0.15, 0.2) is 0 Å². The molecule has 0 aliphatic heterocycles. The van der Waals surface area contributed by atoms with E-state index in [9.17, 15) is 18.0 Å². The Kier molecular flexibility index (Phi) is 10.6. The number of para-hydroxylation sites is 1. The minimum Gasteiger partial charge on any atom is -0.497 e. The molecule has 8 nitrogen and oxygen atoms in total. The van der Waals surface area contributed by atoms with E-state index in [-0.39, 0.29) is 18.5 Å². The first-order valence-corrected chi connectivity index (χ1v) is 16.4. The predicted molar refractivity (Wildman–Crippen MR) is 166 cm³/mol. The second-order valence-electron chi connectivity index (χ2n) is 10.8. The summed E-state index contributed by atoms with van der Waals surface area (Å²) in [6.45, 7) is 1.62. The van der Waals surface area contributed by atoms with E-state index in [1.54, 1.807) is 19.2 Å². The van der Waals surface area contributed by atoms with Crippen molar-refractivity contribution in [2.75, 3.05) is 24.2 Å². The Morgan fingerprint density at radius 3 is 2.29 bits per heavy atom. The van der Waals surface area contributed by atoms with Crippen molar-refractivity contribution in [2.45, 2.75) is 64.1 Å². The highest BCUT2D eigenvalue weighted by Gasteiger charge is 2.34. The molecule has 0 bridgehead atoms. The number of nitrogens with one attached hydrogen (secondary N) is 1. The normalized spacial score (nSPS) is 14.3. The molecule has 1 N–H and O–H groups in total. The summed E-state index contributed by atoms with van der Waals surface area (Å²) >= 11 is 0. The molecule has 3 aromatic rings. The zero-order valence-electron chi connectivity index (χ0n) is 24.7. The van der Waals surface area contributed by atoms with Crippen molar-refractivity contribution in [1.29, 1.82) is 0 Å². The van der Waals surface area contributed by atoms with Gasteiger partial charge in [-0.25, -0.2) is 8.42 Å². The fourth-order valence-electron chi connectivity index (χ4n) is 5.54. The highest BCUT2D eigenvalue weighted by Crippen LogP contribution is 2.25. The van der Waals surface area contributed by atoms with Crippen molar-refractivity contribution in [3.05, 3.63) is 95.6 Å². The van der Waals surface area contributed by atoms with Gasteiger partial charge >= 0.3 is 0 Å². The third kappa shape index (κ3) is 8.12. The number of amides is 2. The van der Waals surface area contributed by atoms with Gasteiger partial charge in [0.2, 0.25) is 21.8 Å². The maximum Gasteiger partial charge on any atom is 0.244 e. The maximum absolute atomic E-state index is 14.3. The van der Waals surface area contributed by atoms with Gasteiger partial charge in [-0.05, 0) is 54.2 Å². The van der Waals surface area contributed by atoms with Gasteiger partial charge in [-0.3, -0.25) is 13.9 Å². The molecule has 0 aromatic heterocycles. The van der Waals surface area contributed by atoms with E-state index < -0.39 is 28.5 Å². The molecule has 1 fully saturated rings. The van der Waals surface area contributed by atoms with Crippen molar-refractivity contribution in [3.8, 4) is 5.75 Å². The number of benzene rings is 3. The highest BCUT2D eigenvalue weighted by molar-refractivity contribution is 7.92. The fraction of sp³-hybridized carbons (Fsp3) is 0.394. The molecule has 0 heterocycles. The summed E-state index contributed by atoms with van der Waals surface area (Å²) in [5, 5.41) is 3.19. The van der Waals surface area contributed by atoms with Gasteiger partial charge in [0, 0.05) is 19.0 Å². The highest BCUT2D eigenvalue weighted by atomic mass is 32.2. The van der Waals surface area contributed by atoms with Crippen LogP contribution in [-0.4, -0.2) is 57.1 Å². The molecule has 2 amide bonds. The first kappa shape index (κ1) is 31.1. The molecule has 3 aromatic carbocycles. The molecule has 1 aliphatic carbocycles. The average Bonchev–Trinajstić information content (AvgIpc) is 3.50. The third-order valence-corrected chi connectivity index (χ3v) is 8.91. The minimum absolute atomic E-state index is 0.0634. The topological polar surface area (TPSA) is 96.0 Å². The van der Waals surface area contributed by atoms with E-state index in [1.807, 2.05) is 73.7 Å². The predicted octanol–water partition coefficient (Wildman–Crippen LogP) is 4.72. The zero-order valence-corrected chi connectivity index (χ0v) is 25.5. The monoisotopic (exact) mass is 591 g/mol. The molecule has 1 saturated carbocycles. The SMILES string of the molecule is CCc1ccccc1N(CC(=O)N(Cc1cccc(OC)c1)[C@@H](Cc1ccccc1)C(=O)NC1CCCC1)S(C)(=O)=O. The largest absolute Gasteiger partial charge is 0.497 e. The second-order valence-corrected chi connectivity index (χ2v) is 12.7. The minimum atomic E-state index is -3.82. The van der Waals surface area contributed by atoms with Crippen LogP contribution in [0.1, 0.15) is 49.3 Å². The van der Waals surface area contributed by atoms with Crippen molar-refractivity contribution in [3.63, 3.8) is 0 Å². The van der Waals surface area contributed by atoms with Crippen LogP contribution in [-0.2, 0) is 39.0 Å². The van der Waals surface area contributed by atoms with Crippen molar-refractivity contribution in [2.24, 2.45) is 0 Å². The number of rotatable bonds is 13. The van der Waals surface area contributed by atoms with Gasteiger partial charge in [-0.2, -0.15) is 0 Å². The summed E-state index contributed by atoms with van der Waals surface area (Å²) < 4.78 is 32.7. The molecule has 0 spiro atoms. The van der Waals surface area contributed by atoms with Crippen LogP contribution in [0.3, 0.4) is 0 Å². The second kappa shape index (κ2) is 14.4. The number of hydrogen-bond donors (Lipinski definition) is 1. The molecule has 0 radical (unpaired) electrons. The number of hydrogen-bond acceptors (Lipinski definition) is 5. The number of methoxy groups -OCH3 is 1. The Bertz CT molecular complexity index is 1460. The first-order valence-electron chi connectivity index (χ1n) is 14.5. The number of ether oxygens (including phenoxy) is 1. The molecule has 0 saturated heterocycles. The number of nitrogens with zero attached hydrogens (tertiary/aromatic N) is 2. The average molecular weight is 592 g/mol. The molecule has 42 heavy (non-hydrogen) atoms. The summed E-state index contributed by atoms with van der Waals surface area (Å²) in [7, 11) is -2.25. The first-order chi connectivity index (χ1) is 20.2. The van der Waals surface area contributed by atoms with Crippen LogP contribution in [0.5, 0.6) is 5.75 Å². The number of anilines is 1. The van der Waals surface area contributed by atoms with E-state index in [4.69, 9.17) is 4.74 Å². The van der Waals surface area contributed by atoms with E-state index in [1.165, 1.54) is 4.90 Å². The Balaban J connectivity index is 1.75. The molecular weight excluding hydrogens is 550 g/mol. The lowest BCUT2D eigenvalue weighted by Gasteiger charge is -2.34. The molecule has 224 valence electrons. The van der Waals surface area contributed by atoms with Crippen LogP contribution in [0, 0.1) is 0 Å². The number of carbonyl (C=O) groups is 2. The quantitative estimate of drug-likeness (QED) is 0.310. The molecule has 4 rings (SSSR count). The number of carbonyl (C=O) groups excluding carboxylic acids is 2. The lowest BCUT2D eigenvalue weighted by molar-refractivity contribution is -0.140. The zero-order chi connectivity index (χ0) is 30.1. The van der Waals surface area contributed by atoms with E-state index in [0.29, 0.717) is 24.3 Å². The summed E-state index contributed by atoms with van der Waals surface area (Å²) in [4.78, 5) is 29.8. The maximum atomic E-state index is 14.3. The number of sulfonamides is 1. The Morgan fingerprint density at radius 2 is 1.62 bits per heavy atom. The van der Waals surface area contributed by atoms with Crippen molar-refractivity contribution >= 4 is 27.5 Å². The summed E-state index contributed by atoms with van der Waals surface area (Å²) in [6, 6.07) is 23.3. The van der Waals surface area contributed by atoms with Crippen LogP contribution in [0.15, 0.2) is 78.9 Å². The van der Waals surface area contributed by atoms with Crippen LogP contribution < -0.4 is 14.4 Å². The Hall–Kier alpha value is -3.85. The lowest BCUT2D eigenvalue weighted by Crippen LogP contribution is -2.54.